The molecule has 54 valence electrons. The number of allylic oxidation sites excluding steroid dienone is 7. The van der Waals surface area contributed by atoms with Crippen molar-refractivity contribution in [3.05, 3.63) is 49.1 Å². The Balaban J connectivity index is 3.41. The van der Waals surface area contributed by atoms with E-state index in [4.69, 9.17) is 0 Å². The van der Waals surface area contributed by atoms with Crippen molar-refractivity contribution in [1.29, 1.82) is 0 Å². The average Bonchev–Trinajstić information content (AvgIpc) is 1.97. The van der Waals surface area contributed by atoms with Crippen LogP contribution in [0.15, 0.2) is 49.1 Å². The third-order valence-corrected chi connectivity index (χ3v) is 0.965. The normalized spacial score (nSPS) is 12.1. The third-order valence-electron chi connectivity index (χ3n) is 0.965. The first kappa shape index (κ1) is 8.96. The smallest absolute Gasteiger partial charge is 0.0169 e. The van der Waals surface area contributed by atoms with Crippen molar-refractivity contribution in [3.63, 3.8) is 0 Å². The predicted molar refractivity (Wildman–Crippen MR) is 47.9 cm³/mol. The second-order valence-corrected chi connectivity index (χ2v) is 1.86. The van der Waals surface area contributed by atoms with Crippen LogP contribution in [0.3, 0.4) is 0 Å². The van der Waals surface area contributed by atoms with Gasteiger partial charge < -0.3 is 0 Å². The van der Waals surface area contributed by atoms with Gasteiger partial charge in [0, 0.05) is 0 Å². The maximum Gasteiger partial charge on any atom is -0.0169 e. The van der Waals surface area contributed by atoms with Gasteiger partial charge in [-0.2, -0.15) is 0 Å². The first-order chi connectivity index (χ1) is 4.91. The summed E-state index contributed by atoms with van der Waals surface area (Å²) in [6, 6.07) is 0. The van der Waals surface area contributed by atoms with Crippen LogP contribution < -0.4 is 0 Å². The summed E-state index contributed by atoms with van der Waals surface area (Å²) in [6.07, 6.45) is 14.9. The molecule has 0 aliphatic rings. The van der Waals surface area contributed by atoms with Crippen LogP contribution in [0, 0.1) is 0 Å². The summed E-state index contributed by atoms with van der Waals surface area (Å²) in [4.78, 5) is 0. The highest BCUT2D eigenvalue weighted by Gasteiger charge is 1.63. The van der Waals surface area contributed by atoms with E-state index in [9.17, 15) is 0 Å². The molecule has 0 rings (SSSR count). The van der Waals surface area contributed by atoms with E-state index in [0.29, 0.717) is 0 Å². The molecule has 0 heteroatoms. The molecule has 0 aromatic carbocycles. The first-order valence-corrected chi connectivity index (χ1v) is 3.47. The van der Waals surface area contributed by atoms with Gasteiger partial charge in [0.2, 0.25) is 0 Å². The second kappa shape index (κ2) is 7.96. The maximum absolute atomic E-state index is 3.61. The van der Waals surface area contributed by atoms with Crippen LogP contribution in [0.5, 0.6) is 0 Å². The summed E-state index contributed by atoms with van der Waals surface area (Å²) in [5, 5.41) is 0. The quantitative estimate of drug-likeness (QED) is 0.409. The van der Waals surface area contributed by atoms with Crippen LogP contribution >= 0.6 is 0 Å². The lowest BCUT2D eigenvalue weighted by molar-refractivity contribution is 1.41. The molecule has 0 fully saturated rings. The molecule has 0 heterocycles. The van der Waals surface area contributed by atoms with Crippen LogP contribution in [-0.2, 0) is 0 Å². The third kappa shape index (κ3) is 6.96. The van der Waals surface area contributed by atoms with Gasteiger partial charge in [-0.3, -0.25) is 0 Å². The largest absolute Gasteiger partial charge is 0.103 e. The molecule has 0 saturated heterocycles. The molecule has 0 aromatic rings. The van der Waals surface area contributed by atoms with Crippen LogP contribution in [0.2, 0.25) is 0 Å². The van der Waals surface area contributed by atoms with E-state index in [2.05, 4.69) is 12.7 Å². The Morgan fingerprint density at radius 1 is 1.10 bits per heavy atom. The van der Waals surface area contributed by atoms with Crippen LogP contribution in [0.1, 0.15) is 13.3 Å². The topological polar surface area (TPSA) is 0 Å². The van der Waals surface area contributed by atoms with Crippen molar-refractivity contribution in [3.8, 4) is 0 Å². The molecule has 0 aromatic heterocycles. The Bertz CT molecular complexity index is 147. The van der Waals surface area contributed by atoms with Gasteiger partial charge in [0.05, 0.1) is 0 Å². The van der Waals surface area contributed by atoms with E-state index in [1.54, 1.807) is 0 Å². The number of rotatable bonds is 4. The SMILES string of the molecule is C=CC/C=C/C=C\C=C/C. The molecule has 0 atom stereocenters. The zero-order valence-corrected chi connectivity index (χ0v) is 6.46. The van der Waals surface area contributed by atoms with E-state index in [-0.39, 0.29) is 0 Å². The van der Waals surface area contributed by atoms with E-state index in [1.165, 1.54) is 0 Å². The number of hydrogen-bond acceptors (Lipinski definition) is 0. The minimum Gasteiger partial charge on any atom is -0.103 e. The molecule has 0 aliphatic heterocycles. The Morgan fingerprint density at radius 3 is 2.40 bits per heavy atom. The summed E-state index contributed by atoms with van der Waals surface area (Å²) in [5.74, 6) is 0. The molecule has 0 radical (unpaired) electrons. The van der Waals surface area contributed by atoms with Gasteiger partial charge in [-0.1, -0.05) is 42.5 Å². The molecule has 0 N–H and O–H groups in total. The van der Waals surface area contributed by atoms with E-state index in [1.807, 2.05) is 43.4 Å². The zero-order valence-electron chi connectivity index (χ0n) is 6.46. The molecule has 0 spiro atoms. The lowest BCUT2D eigenvalue weighted by Gasteiger charge is -1.74. The van der Waals surface area contributed by atoms with E-state index < -0.39 is 0 Å². The molecule has 0 unspecified atom stereocenters. The van der Waals surface area contributed by atoms with Gasteiger partial charge >= 0.3 is 0 Å². The lowest BCUT2D eigenvalue weighted by Crippen LogP contribution is -1.53. The summed E-state index contributed by atoms with van der Waals surface area (Å²) < 4.78 is 0. The molecule has 0 amide bonds. The molecule has 0 aliphatic carbocycles. The number of hydrogen-bond donors (Lipinski definition) is 0. The lowest BCUT2D eigenvalue weighted by atomic mass is 10.3. The first-order valence-electron chi connectivity index (χ1n) is 3.47. The zero-order chi connectivity index (χ0) is 7.66. The summed E-state index contributed by atoms with van der Waals surface area (Å²) in [7, 11) is 0. The predicted octanol–water partition coefficient (Wildman–Crippen LogP) is 3.25. The highest BCUT2D eigenvalue weighted by Crippen LogP contribution is 1.84. The van der Waals surface area contributed by atoms with Crippen molar-refractivity contribution >= 4 is 0 Å². The van der Waals surface area contributed by atoms with Gasteiger partial charge in [-0.05, 0) is 13.3 Å². The Morgan fingerprint density at radius 2 is 1.80 bits per heavy atom. The van der Waals surface area contributed by atoms with Crippen molar-refractivity contribution in [2.24, 2.45) is 0 Å². The molecule has 0 saturated carbocycles. The summed E-state index contributed by atoms with van der Waals surface area (Å²) in [6.45, 7) is 5.60. The highest BCUT2D eigenvalue weighted by molar-refractivity contribution is 5.11. The Labute approximate surface area is 63.3 Å². The fraction of sp³-hybridized carbons (Fsp3) is 0.200. The van der Waals surface area contributed by atoms with Gasteiger partial charge in [0.15, 0.2) is 0 Å². The van der Waals surface area contributed by atoms with E-state index >= 15 is 0 Å². The molecular weight excluding hydrogens is 120 g/mol. The van der Waals surface area contributed by atoms with Crippen molar-refractivity contribution in [2.75, 3.05) is 0 Å². The van der Waals surface area contributed by atoms with Gasteiger partial charge in [0.1, 0.15) is 0 Å². The molecular formula is C10H14. The van der Waals surface area contributed by atoms with Crippen LogP contribution in [-0.4, -0.2) is 0 Å². The Kier molecular flexibility index (Phi) is 7.13. The Hall–Kier alpha value is -1.04. The average molecular weight is 134 g/mol. The van der Waals surface area contributed by atoms with E-state index in [0.717, 1.165) is 6.42 Å². The van der Waals surface area contributed by atoms with Crippen molar-refractivity contribution < 1.29 is 0 Å². The standard InChI is InChI=1S/C10H14/c1-3-5-7-9-10-8-6-4-2/h3-4,6-10H,1,5H2,2H3/b6-4-,9-7+,10-8-. The molecule has 0 bridgehead atoms. The maximum atomic E-state index is 3.61. The van der Waals surface area contributed by atoms with Crippen LogP contribution in [0.4, 0.5) is 0 Å². The fourth-order valence-corrected chi connectivity index (χ4v) is 0.493. The highest BCUT2D eigenvalue weighted by atomic mass is 13.7. The summed E-state index contributed by atoms with van der Waals surface area (Å²) in [5.41, 5.74) is 0. The summed E-state index contributed by atoms with van der Waals surface area (Å²) >= 11 is 0. The minimum absolute atomic E-state index is 0.945. The van der Waals surface area contributed by atoms with Crippen molar-refractivity contribution in [2.45, 2.75) is 13.3 Å². The van der Waals surface area contributed by atoms with Crippen molar-refractivity contribution in [1.82, 2.24) is 0 Å². The van der Waals surface area contributed by atoms with Gasteiger partial charge in [-0.15, -0.1) is 6.58 Å². The minimum atomic E-state index is 0.945. The van der Waals surface area contributed by atoms with Crippen LogP contribution in [0.25, 0.3) is 0 Å². The fourth-order valence-electron chi connectivity index (χ4n) is 0.493. The monoisotopic (exact) mass is 134 g/mol. The molecule has 0 nitrogen and oxygen atoms in total. The van der Waals surface area contributed by atoms with Gasteiger partial charge in [-0.25, -0.2) is 0 Å². The second-order valence-electron chi connectivity index (χ2n) is 1.86. The van der Waals surface area contributed by atoms with Gasteiger partial charge in [0.25, 0.3) is 0 Å². The molecule has 10 heavy (non-hydrogen) atoms.